The minimum atomic E-state index is -1.83. The lowest BCUT2D eigenvalue weighted by molar-refractivity contribution is 0.426. The van der Waals surface area contributed by atoms with Crippen LogP contribution in [0, 0.1) is 12.6 Å². The van der Waals surface area contributed by atoms with Gasteiger partial charge in [0.15, 0.2) is 5.29 Å². The molecule has 0 aliphatic rings. The molecule has 5 heteroatoms. The molecule has 0 aromatic carbocycles. The van der Waals surface area contributed by atoms with Gasteiger partial charge >= 0.3 is 0 Å². The molecule has 0 bridgehead atoms. The number of rotatable bonds is 0. The van der Waals surface area contributed by atoms with Gasteiger partial charge in [0.1, 0.15) is 6.17 Å². The molecule has 0 amide bonds. The van der Waals surface area contributed by atoms with E-state index in [1.54, 1.807) is 0 Å². The Hall–Kier alpha value is -0.950. The number of terminal acetylenes is 1. The maximum atomic E-state index is 10.6. The smallest absolute Gasteiger partial charge is 0.194 e. The van der Waals surface area contributed by atoms with Crippen molar-refractivity contribution in [2.45, 2.75) is 0 Å². The molecule has 0 spiro atoms. The zero-order chi connectivity index (χ0) is 9.86. The molecule has 0 rings (SSSR count). The third kappa shape index (κ3) is 498. The zero-order valence-corrected chi connectivity index (χ0v) is 6.14. The number of hydrogen-bond donors (Lipinski definition) is 0. The highest BCUT2D eigenvalue weighted by molar-refractivity contribution is 6.27. The Bertz CT molecular complexity index is 127. The predicted octanol–water partition coefficient (Wildman–Crippen LogP) is 3.61. The topological polar surface area (TPSA) is 0 Å². The molecule has 0 saturated carbocycles. The third-order valence-electron chi connectivity index (χ3n) is 0. The van der Waals surface area contributed by atoms with E-state index in [-0.39, 0.29) is 0 Å². The van der Waals surface area contributed by atoms with Gasteiger partial charge in [0.25, 0.3) is 6.08 Å². The van der Waals surface area contributed by atoms with E-state index in [9.17, 15) is 17.6 Å². The third-order valence-corrected chi connectivity index (χ3v) is 0. The monoisotopic (exact) mass is 188 g/mol. The molecule has 0 saturated heterocycles. The van der Waals surface area contributed by atoms with Gasteiger partial charge in [-0.1, -0.05) is 24.6 Å². The maximum Gasteiger partial charge on any atom is 0.263 e. The summed E-state index contributed by atoms with van der Waals surface area (Å²) >= 11 is 4.41. The highest BCUT2D eigenvalue weighted by atomic mass is 35.5. The molecule has 64 valence electrons. The summed E-state index contributed by atoms with van der Waals surface area (Å²) in [6.07, 6.45) is 2.85. The predicted molar refractivity (Wildman–Crippen MR) is 37.4 cm³/mol. The van der Waals surface area contributed by atoms with Crippen LogP contribution in [0.15, 0.2) is 24.5 Å². The molecule has 0 radical (unpaired) electrons. The summed E-state index contributed by atoms with van der Waals surface area (Å²) in [7, 11) is 0. The van der Waals surface area contributed by atoms with Gasteiger partial charge in [-0.25, -0.2) is 0 Å². The fraction of sp³-hybridized carbons (Fsp3) is 0. The van der Waals surface area contributed by atoms with Crippen molar-refractivity contribution in [2.24, 2.45) is 0 Å². The van der Waals surface area contributed by atoms with Gasteiger partial charge in [0.2, 0.25) is 0 Å². The van der Waals surface area contributed by atoms with E-state index < -0.39 is 11.4 Å². The molecule has 0 nitrogen and oxygen atoms in total. The molecule has 11 heavy (non-hydrogen) atoms. The van der Waals surface area contributed by atoms with Crippen molar-refractivity contribution >= 4 is 11.6 Å². The average Bonchev–Trinajstić information content (AvgIpc) is 1.60. The maximum absolute atomic E-state index is 10.6. The molecule has 0 fully saturated rings. The van der Waals surface area contributed by atoms with Crippen LogP contribution in [0.3, 0.4) is 0 Å². The van der Waals surface area contributed by atoms with E-state index in [0.717, 1.165) is 6.17 Å². The number of halogens is 5. The van der Waals surface area contributed by atoms with Crippen LogP contribution in [-0.2, 0) is 0 Å². The van der Waals surface area contributed by atoms with Gasteiger partial charge < -0.3 is 0 Å². The highest BCUT2D eigenvalue weighted by Crippen LogP contribution is 1.92. The van der Waals surface area contributed by atoms with Crippen LogP contribution in [0.4, 0.5) is 17.6 Å². The van der Waals surface area contributed by atoms with Gasteiger partial charge in [-0.15, -0.1) is 4.39 Å². The summed E-state index contributed by atoms with van der Waals surface area (Å²) in [5, 5.41) is -0.861. The molecule has 0 aliphatic carbocycles. The van der Waals surface area contributed by atoms with Crippen molar-refractivity contribution in [1.29, 1.82) is 0 Å². The van der Waals surface area contributed by atoms with Gasteiger partial charge in [0, 0.05) is 0 Å². The molecule has 0 N–H and O–H groups in total. The molecule has 0 atom stereocenters. The van der Waals surface area contributed by atoms with E-state index in [2.05, 4.69) is 31.2 Å². The van der Waals surface area contributed by atoms with Crippen LogP contribution >= 0.6 is 11.6 Å². The Kier molecular flexibility index (Phi) is 24.1. The van der Waals surface area contributed by atoms with Crippen molar-refractivity contribution < 1.29 is 17.6 Å². The molecular weight excluding hydrogens is 184 g/mol. The van der Waals surface area contributed by atoms with Crippen molar-refractivity contribution in [3.8, 4) is 12.6 Å². The van der Waals surface area contributed by atoms with Crippen LogP contribution in [-0.4, -0.2) is 0 Å². The largest absolute Gasteiger partial charge is 0.263 e. The second-order valence-electron chi connectivity index (χ2n) is 0.786. The van der Waals surface area contributed by atoms with Crippen LogP contribution in [0.1, 0.15) is 0 Å². The Morgan fingerprint density at radius 2 is 1.27 bits per heavy atom. The quantitative estimate of drug-likeness (QED) is 0.402. The molecule has 0 aromatic heterocycles. The second kappa shape index (κ2) is 16.0. The Balaban J connectivity index is -0.0000000886. The fourth-order valence-corrected chi connectivity index (χ4v) is 0. The SMILES string of the molecule is C#CF.C=C(F)Cl.C=C(F)F. The first kappa shape index (κ1) is 16.6. The molecule has 0 aromatic rings. The first-order chi connectivity index (χ1) is 4.88. The van der Waals surface area contributed by atoms with Gasteiger partial charge in [0.05, 0.1) is 0 Å². The van der Waals surface area contributed by atoms with E-state index in [4.69, 9.17) is 0 Å². The van der Waals surface area contributed by atoms with Crippen LogP contribution in [0.25, 0.3) is 0 Å². The summed E-state index contributed by atoms with van der Waals surface area (Å²) in [5.74, 6) is 0. The Morgan fingerprint density at radius 3 is 1.27 bits per heavy atom. The summed E-state index contributed by atoms with van der Waals surface area (Å²) < 4.78 is 40.7. The van der Waals surface area contributed by atoms with E-state index >= 15 is 0 Å². The number of hydrogen-bond acceptors (Lipinski definition) is 0. The van der Waals surface area contributed by atoms with Crippen molar-refractivity contribution in [1.82, 2.24) is 0 Å². The van der Waals surface area contributed by atoms with E-state index in [1.807, 2.05) is 0 Å². The van der Waals surface area contributed by atoms with Crippen LogP contribution in [0.2, 0.25) is 0 Å². The summed E-state index contributed by atoms with van der Waals surface area (Å²) in [6.45, 7) is 4.88. The molecule has 0 heterocycles. The fourth-order valence-electron chi connectivity index (χ4n) is 0. The Labute approximate surface area is 67.2 Å². The summed E-state index contributed by atoms with van der Waals surface area (Å²) in [4.78, 5) is 0. The van der Waals surface area contributed by atoms with Crippen LogP contribution in [0.5, 0.6) is 0 Å². The second-order valence-corrected chi connectivity index (χ2v) is 1.20. The lowest BCUT2D eigenvalue weighted by Crippen LogP contribution is -1.33. The minimum Gasteiger partial charge on any atom is -0.194 e. The highest BCUT2D eigenvalue weighted by Gasteiger charge is 1.65. The molecule has 0 aliphatic heterocycles. The molecule has 0 unspecified atom stereocenters. The van der Waals surface area contributed by atoms with Gasteiger partial charge in [-0.2, -0.15) is 13.2 Å². The summed E-state index contributed by atoms with van der Waals surface area (Å²) in [5.41, 5.74) is 0. The minimum absolute atomic E-state index is 0.750. The first-order valence-electron chi connectivity index (χ1n) is 1.94. The normalized spacial score (nSPS) is 5.45. The van der Waals surface area contributed by atoms with Crippen molar-refractivity contribution in [3.63, 3.8) is 0 Å². The molecular formula is C6H5ClF4. The Morgan fingerprint density at radius 1 is 1.27 bits per heavy atom. The van der Waals surface area contributed by atoms with E-state index in [0.29, 0.717) is 0 Å². The average molecular weight is 189 g/mol. The van der Waals surface area contributed by atoms with Gasteiger partial charge in [-0.05, 0) is 6.58 Å². The van der Waals surface area contributed by atoms with Crippen LogP contribution < -0.4 is 0 Å². The lowest BCUT2D eigenvalue weighted by Gasteiger charge is -1.55. The van der Waals surface area contributed by atoms with Crippen molar-refractivity contribution in [2.75, 3.05) is 0 Å². The van der Waals surface area contributed by atoms with Gasteiger partial charge in [-0.3, -0.25) is 0 Å². The zero-order valence-electron chi connectivity index (χ0n) is 5.38. The first-order valence-corrected chi connectivity index (χ1v) is 2.32. The summed E-state index contributed by atoms with van der Waals surface area (Å²) in [6, 6.07) is 0. The standard InChI is InChI=1S/C2H2ClF.C2H2F2.C2HF/c2*1-2(3)4;1-2-3/h2*1H2;1H. The van der Waals surface area contributed by atoms with Crippen molar-refractivity contribution in [3.05, 3.63) is 24.5 Å². The van der Waals surface area contributed by atoms with E-state index in [1.165, 1.54) is 0 Å². The lowest BCUT2D eigenvalue weighted by atomic mass is 11.2.